The normalized spacial score (nSPS) is 19.8. The highest BCUT2D eigenvalue weighted by Gasteiger charge is 2.23. The van der Waals surface area contributed by atoms with Crippen LogP contribution in [0.3, 0.4) is 0 Å². The van der Waals surface area contributed by atoms with E-state index in [0.29, 0.717) is 4.99 Å². The number of thioether (sulfide) groups is 1. The lowest BCUT2D eigenvalue weighted by Crippen LogP contribution is -2.31. The lowest BCUT2D eigenvalue weighted by atomic mass is 10.1. The van der Waals surface area contributed by atoms with E-state index in [9.17, 15) is 0 Å². The van der Waals surface area contributed by atoms with Crippen molar-refractivity contribution >= 4 is 34.7 Å². The molecule has 0 radical (unpaired) electrons. The zero-order valence-electron chi connectivity index (χ0n) is 12.0. The minimum Gasteiger partial charge on any atom is -0.389 e. The van der Waals surface area contributed by atoms with Crippen LogP contribution in [0.1, 0.15) is 32.3 Å². The fraction of sp³-hybridized carbons (Fsp3) is 0.533. The summed E-state index contributed by atoms with van der Waals surface area (Å²) >= 11 is 7.00. The van der Waals surface area contributed by atoms with Gasteiger partial charge in [0, 0.05) is 28.8 Å². The first kappa shape index (κ1) is 15.6. The maximum Gasteiger partial charge on any atom is 0.107 e. The first-order valence-electron chi connectivity index (χ1n) is 7.07. The Morgan fingerprint density at radius 1 is 1.60 bits per heavy atom. The van der Waals surface area contributed by atoms with E-state index in [1.807, 2.05) is 12.1 Å². The number of anilines is 1. The van der Waals surface area contributed by atoms with E-state index < -0.39 is 0 Å². The summed E-state index contributed by atoms with van der Waals surface area (Å²) in [7, 11) is 0. The molecule has 2 rings (SSSR count). The molecule has 0 saturated carbocycles. The Bertz CT molecular complexity index is 473. The van der Waals surface area contributed by atoms with E-state index in [-0.39, 0.29) is 12.1 Å². The van der Waals surface area contributed by atoms with Gasteiger partial charge in [-0.2, -0.15) is 0 Å². The summed E-state index contributed by atoms with van der Waals surface area (Å²) in [4.78, 5) is 1.59. The SMILES string of the molecule is CCSc1cccc(NC(C)C2CCCO2)c1C(N)=S. The van der Waals surface area contributed by atoms with Crippen LogP contribution in [0.4, 0.5) is 5.69 Å². The smallest absolute Gasteiger partial charge is 0.107 e. The molecule has 2 atom stereocenters. The van der Waals surface area contributed by atoms with Crippen LogP contribution in [0.2, 0.25) is 0 Å². The molecule has 5 heteroatoms. The molecule has 1 aromatic rings. The Balaban J connectivity index is 2.21. The monoisotopic (exact) mass is 310 g/mol. The second kappa shape index (κ2) is 7.29. The lowest BCUT2D eigenvalue weighted by molar-refractivity contribution is 0.0996. The van der Waals surface area contributed by atoms with Gasteiger partial charge in [-0.25, -0.2) is 0 Å². The van der Waals surface area contributed by atoms with Gasteiger partial charge in [0.1, 0.15) is 4.99 Å². The molecule has 3 N–H and O–H groups in total. The van der Waals surface area contributed by atoms with Crippen LogP contribution >= 0.6 is 24.0 Å². The number of nitrogens with two attached hydrogens (primary N) is 1. The van der Waals surface area contributed by atoms with Gasteiger partial charge in [-0.3, -0.25) is 0 Å². The molecular formula is C15H22N2OS2. The van der Waals surface area contributed by atoms with Crippen molar-refractivity contribution in [2.24, 2.45) is 5.73 Å². The number of ether oxygens (including phenoxy) is 1. The summed E-state index contributed by atoms with van der Waals surface area (Å²) in [6.07, 6.45) is 2.53. The molecule has 0 aromatic heterocycles. The van der Waals surface area contributed by atoms with Gasteiger partial charge in [-0.1, -0.05) is 25.2 Å². The molecule has 20 heavy (non-hydrogen) atoms. The van der Waals surface area contributed by atoms with Crippen LogP contribution in [0.15, 0.2) is 23.1 Å². The van der Waals surface area contributed by atoms with Crippen LogP contribution in [-0.2, 0) is 4.74 Å². The minimum absolute atomic E-state index is 0.257. The Labute approximate surface area is 130 Å². The molecule has 3 nitrogen and oxygen atoms in total. The highest BCUT2D eigenvalue weighted by Crippen LogP contribution is 2.30. The molecule has 1 aliphatic rings. The molecule has 1 fully saturated rings. The van der Waals surface area contributed by atoms with E-state index in [1.54, 1.807) is 11.8 Å². The zero-order chi connectivity index (χ0) is 14.5. The molecule has 1 aromatic carbocycles. The van der Waals surface area contributed by atoms with E-state index in [2.05, 4.69) is 25.2 Å². The Morgan fingerprint density at radius 3 is 3.00 bits per heavy atom. The average Bonchev–Trinajstić information content (AvgIpc) is 2.92. The zero-order valence-corrected chi connectivity index (χ0v) is 13.7. The van der Waals surface area contributed by atoms with Crippen LogP contribution < -0.4 is 11.1 Å². The molecular weight excluding hydrogens is 288 g/mol. The van der Waals surface area contributed by atoms with Gasteiger partial charge in [0.2, 0.25) is 0 Å². The predicted octanol–water partition coefficient (Wildman–Crippen LogP) is 3.41. The fourth-order valence-corrected chi connectivity index (χ4v) is 3.65. The van der Waals surface area contributed by atoms with E-state index in [0.717, 1.165) is 41.3 Å². The van der Waals surface area contributed by atoms with Gasteiger partial charge < -0.3 is 15.8 Å². The van der Waals surface area contributed by atoms with Crippen LogP contribution in [0.5, 0.6) is 0 Å². The summed E-state index contributed by atoms with van der Waals surface area (Å²) in [6.45, 7) is 5.15. The van der Waals surface area contributed by atoms with Crippen molar-refractivity contribution in [1.82, 2.24) is 0 Å². The third-order valence-corrected chi connectivity index (χ3v) is 4.62. The second-order valence-corrected chi connectivity index (χ2v) is 6.71. The molecule has 110 valence electrons. The van der Waals surface area contributed by atoms with Crippen molar-refractivity contribution in [1.29, 1.82) is 0 Å². The van der Waals surface area contributed by atoms with Crippen LogP contribution in [0.25, 0.3) is 0 Å². The number of benzene rings is 1. The van der Waals surface area contributed by atoms with E-state index in [1.165, 1.54) is 0 Å². The van der Waals surface area contributed by atoms with Gasteiger partial charge in [-0.05, 0) is 37.7 Å². The molecule has 2 unspecified atom stereocenters. The van der Waals surface area contributed by atoms with Crippen molar-refractivity contribution in [2.45, 2.75) is 43.7 Å². The average molecular weight is 310 g/mol. The summed E-state index contributed by atoms with van der Waals surface area (Å²) < 4.78 is 5.73. The summed E-state index contributed by atoms with van der Waals surface area (Å²) in [5.74, 6) is 1.00. The lowest BCUT2D eigenvalue weighted by Gasteiger charge is -2.23. The number of rotatable bonds is 6. The van der Waals surface area contributed by atoms with Gasteiger partial charge in [-0.15, -0.1) is 11.8 Å². The van der Waals surface area contributed by atoms with Crippen LogP contribution in [0, 0.1) is 0 Å². The molecule has 0 spiro atoms. The van der Waals surface area contributed by atoms with E-state index in [4.69, 9.17) is 22.7 Å². The van der Waals surface area contributed by atoms with Crippen molar-refractivity contribution in [2.75, 3.05) is 17.7 Å². The van der Waals surface area contributed by atoms with Crippen molar-refractivity contribution in [3.8, 4) is 0 Å². The highest BCUT2D eigenvalue weighted by molar-refractivity contribution is 7.99. The third kappa shape index (κ3) is 3.65. The second-order valence-electron chi connectivity index (χ2n) is 4.96. The molecule has 0 aliphatic carbocycles. The number of hydrogen-bond donors (Lipinski definition) is 2. The summed E-state index contributed by atoms with van der Waals surface area (Å²) in [5, 5.41) is 3.53. The van der Waals surface area contributed by atoms with Crippen molar-refractivity contribution in [3.63, 3.8) is 0 Å². The van der Waals surface area contributed by atoms with Crippen molar-refractivity contribution < 1.29 is 4.74 Å². The Morgan fingerprint density at radius 2 is 2.40 bits per heavy atom. The van der Waals surface area contributed by atoms with Gasteiger partial charge in [0.05, 0.1) is 6.10 Å². The molecule has 1 saturated heterocycles. The Kier molecular flexibility index (Phi) is 5.69. The van der Waals surface area contributed by atoms with Crippen LogP contribution in [-0.4, -0.2) is 29.5 Å². The summed E-state index contributed by atoms with van der Waals surface area (Å²) in [5.41, 5.74) is 7.89. The minimum atomic E-state index is 0.257. The predicted molar refractivity (Wildman–Crippen MR) is 90.8 cm³/mol. The van der Waals surface area contributed by atoms with E-state index >= 15 is 0 Å². The number of hydrogen-bond acceptors (Lipinski definition) is 4. The first-order chi connectivity index (χ1) is 9.63. The first-order valence-corrected chi connectivity index (χ1v) is 8.46. The Hall–Kier alpha value is -0.780. The van der Waals surface area contributed by atoms with Gasteiger partial charge in [0.25, 0.3) is 0 Å². The maximum absolute atomic E-state index is 5.92. The largest absolute Gasteiger partial charge is 0.389 e. The maximum atomic E-state index is 5.92. The molecule has 0 amide bonds. The van der Waals surface area contributed by atoms with Gasteiger partial charge in [0.15, 0.2) is 0 Å². The molecule has 1 aliphatic heterocycles. The van der Waals surface area contributed by atoms with Crippen molar-refractivity contribution in [3.05, 3.63) is 23.8 Å². The van der Waals surface area contributed by atoms with Gasteiger partial charge >= 0.3 is 0 Å². The number of thiocarbonyl (C=S) groups is 1. The fourth-order valence-electron chi connectivity index (χ4n) is 2.52. The highest BCUT2D eigenvalue weighted by atomic mass is 32.2. The third-order valence-electron chi connectivity index (χ3n) is 3.48. The topological polar surface area (TPSA) is 47.3 Å². The number of nitrogens with one attached hydrogen (secondary N) is 1. The quantitative estimate of drug-likeness (QED) is 0.623. The summed E-state index contributed by atoms with van der Waals surface area (Å²) in [6, 6.07) is 6.42. The molecule has 0 bridgehead atoms. The molecule has 1 heterocycles. The standard InChI is InChI=1S/C15H22N2OS2/c1-3-20-13-8-4-6-11(14(13)15(16)19)17-10(2)12-7-5-9-18-12/h4,6,8,10,12,17H,3,5,7,9H2,1-2H3,(H2,16,19).